The molecule has 0 saturated heterocycles. The van der Waals surface area contributed by atoms with Crippen LogP contribution in [0.25, 0.3) is 0 Å². The Hall–Kier alpha value is -1.36. The first kappa shape index (κ1) is 11.7. The van der Waals surface area contributed by atoms with Gasteiger partial charge in [-0.1, -0.05) is 28.1 Å². The summed E-state index contributed by atoms with van der Waals surface area (Å²) in [4.78, 5) is 21.5. The molecule has 2 N–H and O–H groups in total. The summed E-state index contributed by atoms with van der Waals surface area (Å²) in [5.41, 5.74) is -0.621. The van der Waals surface area contributed by atoms with Crippen LogP contribution >= 0.6 is 15.9 Å². The highest BCUT2D eigenvalue weighted by atomic mass is 79.9. The van der Waals surface area contributed by atoms with Gasteiger partial charge in [0.1, 0.15) is 11.8 Å². The van der Waals surface area contributed by atoms with Crippen molar-refractivity contribution in [2.24, 2.45) is 0 Å². The third-order valence-electron chi connectivity index (χ3n) is 2.03. The number of carbonyl (C=O) groups is 2. The number of nitrogens with one attached hydrogen (secondary N) is 1. The molecule has 1 rings (SSSR count). The summed E-state index contributed by atoms with van der Waals surface area (Å²) in [5, 5.41) is 10.8. The van der Waals surface area contributed by atoms with Gasteiger partial charge in [-0.3, -0.25) is 0 Å². The van der Waals surface area contributed by atoms with Crippen LogP contribution in [0.2, 0.25) is 0 Å². The second kappa shape index (κ2) is 4.44. The van der Waals surface area contributed by atoms with Crippen LogP contribution in [0.1, 0.15) is 12.5 Å². The molecule has 5 heteroatoms. The van der Waals surface area contributed by atoms with Crippen molar-refractivity contribution in [3.05, 3.63) is 34.3 Å². The van der Waals surface area contributed by atoms with Gasteiger partial charge in [-0.05, 0) is 24.6 Å². The average Bonchev–Trinajstić information content (AvgIpc) is 2.16. The largest absolute Gasteiger partial charge is 0.465 e. The van der Waals surface area contributed by atoms with E-state index >= 15 is 0 Å². The highest BCUT2D eigenvalue weighted by molar-refractivity contribution is 9.10. The van der Waals surface area contributed by atoms with Crippen LogP contribution in [-0.2, 0) is 10.3 Å². The van der Waals surface area contributed by atoms with E-state index in [1.54, 1.807) is 24.3 Å². The number of carbonyl (C=O) groups excluding carboxylic acids is 1. The molecule has 1 aromatic carbocycles. The molecule has 80 valence electrons. The van der Waals surface area contributed by atoms with Gasteiger partial charge in [-0.15, -0.1) is 0 Å². The predicted molar refractivity (Wildman–Crippen MR) is 58.7 cm³/mol. The van der Waals surface area contributed by atoms with E-state index in [9.17, 15) is 9.59 Å². The Morgan fingerprint density at radius 1 is 1.60 bits per heavy atom. The zero-order chi connectivity index (χ0) is 11.5. The molecular formula is C10H10BrNO3. The third kappa shape index (κ3) is 2.79. The van der Waals surface area contributed by atoms with Crippen molar-refractivity contribution in [3.8, 4) is 0 Å². The Morgan fingerprint density at radius 3 is 2.73 bits per heavy atom. The van der Waals surface area contributed by atoms with E-state index in [-0.39, 0.29) is 0 Å². The Kier molecular flexibility index (Phi) is 3.47. The van der Waals surface area contributed by atoms with E-state index in [1.807, 2.05) is 0 Å². The van der Waals surface area contributed by atoms with Crippen molar-refractivity contribution in [2.75, 3.05) is 0 Å². The number of hydrogen-bond donors (Lipinski definition) is 2. The molecule has 0 fully saturated rings. The lowest BCUT2D eigenvalue weighted by atomic mass is 9.94. The summed E-state index contributed by atoms with van der Waals surface area (Å²) in [6, 6.07) is 6.93. The van der Waals surface area contributed by atoms with E-state index in [2.05, 4.69) is 21.2 Å². The van der Waals surface area contributed by atoms with Gasteiger partial charge in [0.2, 0.25) is 0 Å². The summed E-state index contributed by atoms with van der Waals surface area (Å²) < 4.78 is 0.792. The summed E-state index contributed by atoms with van der Waals surface area (Å²) in [6.07, 6.45) is -0.660. The van der Waals surface area contributed by atoms with Crippen molar-refractivity contribution < 1.29 is 14.7 Å². The Morgan fingerprint density at radius 2 is 2.27 bits per heavy atom. The Balaban J connectivity index is 3.10. The van der Waals surface area contributed by atoms with E-state index in [0.717, 1.165) is 4.47 Å². The maximum absolute atomic E-state index is 10.9. The highest BCUT2D eigenvalue weighted by Gasteiger charge is 2.27. The van der Waals surface area contributed by atoms with Gasteiger partial charge in [0.25, 0.3) is 0 Å². The van der Waals surface area contributed by atoms with Gasteiger partial charge >= 0.3 is 6.09 Å². The lowest BCUT2D eigenvalue weighted by Crippen LogP contribution is -2.44. The summed E-state index contributed by atoms with van der Waals surface area (Å²) in [5.74, 6) is 0. The number of benzene rings is 1. The monoisotopic (exact) mass is 271 g/mol. The topological polar surface area (TPSA) is 66.4 Å². The molecule has 0 aromatic heterocycles. The van der Waals surface area contributed by atoms with Crippen LogP contribution in [0.4, 0.5) is 4.79 Å². The maximum Gasteiger partial charge on any atom is 0.405 e. The smallest absolute Gasteiger partial charge is 0.405 e. The summed E-state index contributed by atoms with van der Waals surface area (Å²) in [6.45, 7) is 1.51. The number of aldehydes is 1. The summed E-state index contributed by atoms with van der Waals surface area (Å²) >= 11 is 3.26. The normalized spacial score (nSPS) is 14.0. The quantitative estimate of drug-likeness (QED) is 0.828. The maximum atomic E-state index is 10.9. The first-order valence-electron chi connectivity index (χ1n) is 4.21. The molecule has 0 saturated carbocycles. The second-order valence-electron chi connectivity index (χ2n) is 3.26. The molecule has 0 heterocycles. The van der Waals surface area contributed by atoms with Crippen LogP contribution in [0.3, 0.4) is 0 Å². The van der Waals surface area contributed by atoms with Gasteiger partial charge in [0, 0.05) is 4.47 Å². The molecule has 1 amide bonds. The Bertz CT molecular complexity index is 394. The fourth-order valence-corrected chi connectivity index (χ4v) is 1.60. The van der Waals surface area contributed by atoms with Crippen molar-refractivity contribution in [2.45, 2.75) is 12.5 Å². The lowest BCUT2D eigenvalue weighted by Gasteiger charge is -2.23. The molecule has 1 unspecified atom stereocenters. The van der Waals surface area contributed by atoms with Crippen molar-refractivity contribution in [1.82, 2.24) is 5.32 Å². The molecule has 0 aliphatic rings. The number of carboxylic acid groups (broad SMARTS) is 1. The van der Waals surface area contributed by atoms with Gasteiger partial charge in [-0.2, -0.15) is 0 Å². The van der Waals surface area contributed by atoms with Crippen molar-refractivity contribution in [3.63, 3.8) is 0 Å². The van der Waals surface area contributed by atoms with Crippen LogP contribution in [0.15, 0.2) is 28.7 Å². The molecule has 1 atom stereocenters. The first-order chi connectivity index (χ1) is 6.98. The number of amides is 1. The van der Waals surface area contributed by atoms with E-state index in [0.29, 0.717) is 11.8 Å². The minimum atomic E-state index is -1.23. The van der Waals surface area contributed by atoms with Crippen LogP contribution < -0.4 is 5.32 Å². The molecule has 15 heavy (non-hydrogen) atoms. The first-order valence-corrected chi connectivity index (χ1v) is 5.01. The van der Waals surface area contributed by atoms with Crippen molar-refractivity contribution in [1.29, 1.82) is 0 Å². The van der Waals surface area contributed by atoms with Gasteiger partial charge in [-0.25, -0.2) is 4.79 Å². The van der Waals surface area contributed by atoms with Crippen LogP contribution in [-0.4, -0.2) is 17.5 Å². The standard InChI is InChI=1S/C10H10BrNO3/c1-10(6-13,12-9(14)15)7-3-2-4-8(11)5-7/h2-6,12H,1H3,(H,14,15). The average molecular weight is 272 g/mol. The molecule has 0 spiro atoms. The minimum Gasteiger partial charge on any atom is -0.465 e. The SMILES string of the molecule is CC(C=O)(NC(=O)O)c1cccc(Br)c1. The minimum absolute atomic E-state index is 0.572. The number of halogens is 1. The molecule has 0 aliphatic heterocycles. The number of hydrogen-bond acceptors (Lipinski definition) is 2. The van der Waals surface area contributed by atoms with Gasteiger partial charge < -0.3 is 15.2 Å². The third-order valence-corrected chi connectivity index (χ3v) is 2.52. The highest BCUT2D eigenvalue weighted by Crippen LogP contribution is 2.21. The lowest BCUT2D eigenvalue weighted by molar-refractivity contribution is -0.112. The molecule has 0 aliphatic carbocycles. The van der Waals surface area contributed by atoms with Crippen LogP contribution in [0, 0.1) is 0 Å². The van der Waals surface area contributed by atoms with E-state index in [4.69, 9.17) is 5.11 Å². The fourth-order valence-electron chi connectivity index (χ4n) is 1.20. The summed E-state index contributed by atoms with van der Waals surface area (Å²) in [7, 11) is 0. The zero-order valence-corrected chi connectivity index (χ0v) is 9.61. The molecule has 4 nitrogen and oxygen atoms in total. The molecular weight excluding hydrogens is 262 g/mol. The van der Waals surface area contributed by atoms with Gasteiger partial charge in [0.05, 0.1) is 0 Å². The van der Waals surface area contributed by atoms with Crippen LogP contribution in [0.5, 0.6) is 0 Å². The molecule has 0 bridgehead atoms. The molecule has 1 aromatic rings. The molecule has 0 radical (unpaired) electrons. The van der Waals surface area contributed by atoms with E-state index < -0.39 is 11.6 Å². The Labute approximate surface area is 95.4 Å². The van der Waals surface area contributed by atoms with Crippen molar-refractivity contribution >= 4 is 28.3 Å². The predicted octanol–water partition coefficient (Wildman–Crippen LogP) is 2.13. The van der Waals surface area contributed by atoms with E-state index in [1.165, 1.54) is 6.92 Å². The zero-order valence-electron chi connectivity index (χ0n) is 8.03. The second-order valence-corrected chi connectivity index (χ2v) is 4.18. The number of rotatable bonds is 3. The fraction of sp³-hybridized carbons (Fsp3) is 0.200. The van der Waals surface area contributed by atoms with Gasteiger partial charge in [0.15, 0.2) is 0 Å².